The third-order valence-electron chi connectivity index (χ3n) is 4.90. The van der Waals surface area contributed by atoms with Crippen LogP contribution in [0.25, 0.3) is 11.0 Å². The number of amides is 1. The molecule has 1 saturated heterocycles. The summed E-state index contributed by atoms with van der Waals surface area (Å²) in [6.07, 6.45) is 3.87. The number of rotatable bonds is 3. The van der Waals surface area contributed by atoms with E-state index in [0.717, 1.165) is 42.7 Å². The van der Waals surface area contributed by atoms with Gasteiger partial charge in [-0.15, -0.1) is 0 Å². The highest BCUT2D eigenvalue weighted by Crippen LogP contribution is 2.25. The molecule has 0 bridgehead atoms. The molecule has 6 nitrogen and oxygen atoms in total. The third kappa shape index (κ3) is 3.02. The molecule has 0 spiro atoms. The summed E-state index contributed by atoms with van der Waals surface area (Å²) in [5.74, 6) is 0.443. The highest BCUT2D eigenvalue weighted by Gasteiger charge is 2.28. The smallest absolute Gasteiger partial charge is 0.254 e. The number of aromatic nitrogens is 3. The Balaban J connectivity index is 1.98. The number of nitrogens with zero attached hydrogens (tertiary/aromatic N) is 4. The lowest BCUT2D eigenvalue weighted by Gasteiger charge is -2.34. The molecule has 6 heteroatoms. The fourth-order valence-electron chi connectivity index (χ4n) is 3.49. The van der Waals surface area contributed by atoms with Gasteiger partial charge in [0, 0.05) is 30.9 Å². The van der Waals surface area contributed by atoms with Gasteiger partial charge in [0.25, 0.3) is 5.91 Å². The number of hydrogen-bond acceptors (Lipinski definition) is 4. The Hall–Kier alpha value is -1.95. The van der Waals surface area contributed by atoms with Crippen LogP contribution in [-0.2, 0) is 0 Å². The first-order chi connectivity index (χ1) is 11.4. The molecule has 0 saturated carbocycles. The molecule has 3 heterocycles. The van der Waals surface area contributed by atoms with Crippen molar-refractivity contribution in [3.63, 3.8) is 0 Å². The van der Waals surface area contributed by atoms with E-state index in [0.29, 0.717) is 11.5 Å². The molecule has 1 fully saturated rings. The standard InChI is InChI=1S/C18H27N5O/c1-11(2)23-17-16(9-20-23)15(8-12(3)21-17)18(24)22-7-5-6-14(10-22)13(4)19/h8-9,11,13-14H,5-7,10,19H2,1-4H3/t13-,14+/m1/s1. The van der Waals surface area contributed by atoms with E-state index >= 15 is 0 Å². The number of carbonyl (C=O) groups is 1. The average Bonchev–Trinajstić information content (AvgIpc) is 2.97. The first kappa shape index (κ1) is 16.9. The van der Waals surface area contributed by atoms with Crippen molar-refractivity contribution in [2.45, 2.75) is 52.6 Å². The van der Waals surface area contributed by atoms with Gasteiger partial charge in [-0.05, 0) is 52.5 Å². The lowest BCUT2D eigenvalue weighted by Crippen LogP contribution is -2.45. The van der Waals surface area contributed by atoms with E-state index in [1.54, 1.807) is 6.20 Å². The summed E-state index contributed by atoms with van der Waals surface area (Å²) >= 11 is 0. The van der Waals surface area contributed by atoms with Gasteiger partial charge in [-0.2, -0.15) is 5.10 Å². The van der Waals surface area contributed by atoms with E-state index in [1.165, 1.54) is 0 Å². The van der Waals surface area contributed by atoms with Crippen molar-refractivity contribution in [3.05, 3.63) is 23.5 Å². The summed E-state index contributed by atoms with van der Waals surface area (Å²) in [6, 6.07) is 2.20. The van der Waals surface area contributed by atoms with Crippen molar-refractivity contribution in [1.29, 1.82) is 0 Å². The van der Waals surface area contributed by atoms with Crippen LogP contribution in [0.2, 0.25) is 0 Å². The topological polar surface area (TPSA) is 77.0 Å². The zero-order valence-corrected chi connectivity index (χ0v) is 15.0. The molecule has 0 radical (unpaired) electrons. The lowest BCUT2D eigenvalue weighted by molar-refractivity contribution is 0.0663. The van der Waals surface area contributed by atoms with Gasteiger partial charge in [-0.3, -0.25) is 4.79 Å². The summed E-state index contributed by atoms with van der Waals surface area (Å²) < 4.78 is 1.88. The van der Waals surface area contributed by atoms with E-state index in [9.17, 15) is 4.79 Å². The average molecular weight is 329 g/mol. The molecule has 130 valence electrons. The highest BCUT2D eigenvalue weighted by molar-refractivity contribution is 6.05. The summed E-state index contributed by atoms with van der Waals surface area (Å²) in [5.41, 5.74) is 8.39. The maximum atomic E-state index is 13.1. The zero-order valence-electron chi connectivity index (χ0n) is 15.0. The van der Waals surface area contributed by atoms with Crippen LogP contribution in [0.1, 0.15) is 55.7 Å². The first-order valence-electron chi connectivity index (χ1n) is 8.78. The van der Waals surface area contributed by atoms with Crippen LogP contribution in [0.3, 0.4) is 0 Å². The van der Waals surface area contributed by atoms with Crippen LogP contribution in [-0.4, -0.2) is 44.7 Å². The number of piperidine rings is 1. The molecule has 2 atom stereocenters. The monoisotopic (exact) mass is 329 g/mol. The first-order valence-corrected chi connectivity index (χ1v) is 8.78. The Morgan fingerprint density at radius 1 is 1.38 bits per heavy atom. The Morgan fingerprint density at radius 3 is 2.79 bits per heavy atom. The van der Waals surface area contributed by atoms with E-state index in [2.05, 4.69) is 23.9 Å². The van der Waals surface area contributed by atoms with Gasteiger partial charge in [-0.1, -0.05) is 0 Å². The van der Waals surface area contributed by atoms with Crippen LogP contribution >= 0.6 is 0 Å². The number of likely N-dealkylation sites (tertiary alicyclic amines) is 1. The predicted molar refractivity (Wildman–Crippen MR) is 94.9 cm³/mol. The van der Waals surface area contributed by atoms with Crippen LogP contribution in [0, 0.1) is 12.8 Å². The normalized spacial score (nSPS) is 19.9. The molecule has 2 aromatic heterocycles. The van der Waals surface area contributed by atoms with Gasteiger partial charge in [-0.25, -0.2) is 9.67 Å². The summed E-state index contributed by atoms with van der Waals surface area (Å²) in [7, 11) is 0. The second-order valence-electron chi connectivity index (χ2n) is 7.24. The van der Waals surface area contributed by atoms with Gasteiger partial charge in [0.1, 0.15) is 0 Å². The van der Waals surface area contributed by atoms with Crippen molar-refractivity contribution in [1.82, 2.24) is 19.7 Å². The third-order valence-corrected chi connectivity index (χ3v) is 4.90. The maximum absolute atomic E-state index is 13.1. The van der Waals surface area contributed by atoms with Crippen molar-refractivity contribution in [2.75, 3.05) is 13.1 Å². The molecule has 0 unspecified atom stereocenters. The van der Waals surface area contributed by atoms with Gasteiger partial charge >= 0.3 is 0 Å². The minimum Gasteiger partial charge on any atom is -0.338 e. The van der Waals surface area contributed by atoms with Crippen molar-refractivity contribution >= 4 is 16.9 Å². The Kier molecular flexibility index (Phi) is 4.58. The Bertz CT molecular complexity index is 749. The molecule has 2 aromatic rings. The number of carbonyl (C=O) groups excluding carboxylic acids is 1. The van der Waals surface area contributed by atoms with Crippen molar-refractivity contribution in [2.24, 2.45) is 11.7 Å². The number of hydrogen-bond donors (Lipinski definition) is 1. The Morgan fingerprint density at radius 2 is 2.12 bits per heavy atom. The zero-order chi connectivity index (χ0) is 17.4. The minimum absolute atomic E-state index is 0.0687. The van der Waals surface area contributed by atoms with Crippen molar-refractivity contribution in [3.8, 4) is 0 Å². The van der Waals surface area contributed by atoms with Gasteiger partial charge < -0.3 is 10.6 Å². The number of pyridine rings is 1. The molecular formula is C18H27N5O. The van der Waals surface area contributed by atoms with Crippen LogP contribution in [0.4, 0.5) is 0 Å². The fraction of sp³-hybridized carbons (Fsp3) is 0.611. The predicted octanol–water partition coefficient (Wildman–Crippen LogP) is 2.52. The van der Waals surface area contributed by atoms with Crippen molar-refractivity contribution < 1.29 is 4.79 Å². The van der Waals surface area contributed by atoms with Crippen LogP contribution in [0.5, 0.6) is 0 Å². The fourth-order valence-corrected chi connectivity index (χ4v) is 3.49. The highest BCUT2D eigenvalue weighted by atomic mass is 16.2. The SMILES string of the molecule is Cc1cc(C(=O)N2CCC[C@H]([C@@H](C)N)C2)c2cnn(C(C)C)c2n1. The summed E-state index contributed by atoms with van der Waals surface area (Å²) in [6.45, 7) is 9.61. The lowest BCUT2D eigenvalue weighted by atomic mass is 9.91. The number of aryl methyl sites for hydroxylation is 1. The molecule has 1 aliphatic rings. The molecule has 3 rings (SSSR count). The molecule has 1 aliphatic heterocycles. The minimum atomic E-state index is 0.0687. The van der Waals surface area contributed by atoms with Gasteiger partial charge in [0.05, 0.1) is 17.1 Å². The number of nitrogens with two attached hydrogens (primary N) is 1. The van der Waals surface area contributed by atoms with Crippen LogP contribution < -0.4 is 5.73 Å². The maximum Gasteiger partial charge on any atom is 0.254 e. The van der Waals surface area contributed by atoms with E-state index < -0.39 is 0 Å². The van der Waals surface area contributed by atoms with E-state index in [-0.39, 0.29) is 18.0 Å². The quantitative estimate of drug-likeness (QED) is 0.938. The second-order valence-corrected chi connectivity index (χ2v) is 7.24. The largest absolute Gasteiger partial charge is 0.338 e. The number of fused-ring (bicyclic) bond motifs is 1. The molecule has 1 amide bonds. The van der Waals surface area contributed by atoms with E-state index in [4.69, 9.17) is 5.73 Å². The van der Waals surface area contributed by atoms with Gasteiger partial charge in [0.2, 0.25) is 0 Å². The molecule has 0 aromatic carbocycles. The summed E-state index contributed by atoms with van der Waals surface area (Å²) in [5, 5.41) is 5.27. The molecular weight excluding hydrogens is 302 g/mol. The summed E-state index contributed by atoms with van der Waals surface area (Å²) in [4.78, 5) is 19.7. The van der Waals surface area contributed by atoms with E-state index in [1.807, 2.05) is 29.5 Å². The van der Waals surface area contributed by atoms with Crippen LogP contribution in [0.15, 0.2) is 12.3 Å². The second kappa shape index (κ2) is 6.51. The molecule has 2 N–H and O–H groups in total. The Labute approximate surface area is 143 Å². The molecule has 24 heavy (non-hydrogen) atoms. The molecule has 0 aliphatic carbocycles. The van der Waals surface area contributed by atoms with Gasteiger partial charge in [0.15, 0.2) is 5.65 Å².